The van der Waals surface area contributed by atoms with Crippen LogP contribution in [0.15, 0.2) is 42.5 Å². The predicted molar refractivity (Wildman–Crippen MR) is 78.1 cm³/mol. The number of amides is 1. The lowest BCUT2D eigenvalue weighted by Crippen LogP contribution is -2.27. The van der Waals surface area contributed by atoms with Crippen LogP contribution in [0.25, 0.3) is 0 Å². The summed E-state index contributed by atoms with van der Waals surface area (Å²) in [6.45, 7) is 1.83. The minimum atomic E-state index is -0.600. The minimum absolute atomic E-state index is 0.130. The SMILES string of the molecule is C[C@H](NC(=O)c1cccc(F)c1N)c1ccc(Cl)cc1. The molecule has 1 amide bonds. The van der Waals surface area contributed by atoms with Crippen molar-refractivity contribution in [2.24, 2.45) is 0 Å². The van der Waals surface area contributed by atoms with Crippen molar-refractivity contribution in [3.05, 3.63) is 64.4 Å². The van der Waals surface area contributed by atoms with E-state index in [0.29, 0.717) is 5.02 Å². The molecule has 2 aromatic carbocycles. The van der Waals surface area contributed by atoms with Gasteiger partial charge >= 0.3 is 0 Å². The quantitative estimate of drug-likeness (QED) is 0.850. The maximum absolute atomic E-state index is 13.3. The Morgan fingerprint density at radius 3 is 2.55 bits per heavy atom. The summed E-state index contributed by atoms with van der Waals surface area (Å²) in [4.78, 5) is 12.1. The summed E-state index contributed by atoms with van der Waals surface area (Å²) >= 11 is 5.81. The van der Waals surface area contributed by atoms with Gasteiger partial charge in [0.1, 0.15) is 5.82 Å². The molecule has 1 atom stereocenters. The molecular formula is C15H14ClFN2O. The summed E-state index contributed by atoms with van der Waals surface area (Å²) in [7, 11) is 0. The van der Waals surface area contributed by atoms with Gasteiger partial charge in [0, 0.05) is 5.02 Å². The number of hydrogen-bond donors (Lipinski definition) is 2. The maximum Gasteiger partial charge on any atom is 0.253 e. The number of para-hydroxylation sites is 1. The fourth-order valence-electron chi connectivity index (χ4n) is 1.84. The number of hydrogen-bond acceptors (Lipinski definition) is 2. The molecule has 0 radical (unpaired) electrons. The average Bonchev–Trinajstić information content (AvgIpc) is 2.42. The first-order valence-electron chi connectivity index (χ1n) is 6.09. The van der Waals surface area contributed by atoms with E-state index in [1.165, 1.54) is 18.2 Å². The van der Waals surface area contributed by atoms with Crippen LogP contribution >= 0.6 is 11.6 Å². The second kappa shape index (κ2) is 5.92. The van der Waals surface area contributed by atoms with E-state index in [-0.39, 0.29) is 17.3 Å². The van der Waals surface area contributed by atoms with Crippen molar-refractivity contribution in [3.8, 4) is 0 Å². The molecule has 0 aliphatic heterocycles. The zero-order valence-electron chi connectivity index (χ0n) is 10.9. The lowest BCUT2D eigenvalue weighted by Gasteiger charge is -2.15. The van der Waals surface area contributed by atoms with Gasteiger partial charge in [0.15, 0.2) is 0 Å². The van der Waals surface area contributed by atoms with Crippen molar-refractivity contribution < 1.29 is 9.18 Å². The number of anilines is 1. The summed E-state index contributed by atoms with van der Waals surface area (Å²) in [6, 6.07) is 11.1. The van der Waals surface area contributed by atoms with E-state index in [1.807, 2.05) is 19.1 Å². The van der Waals surface area contributed by atoms with Crippen molar-refractivity contribution in [1.82, 2.24) is 5.32 Å². The number of nitrogens with one attached hydrogen (secondary N) is 1. The number of carbonyl (C=O) groups is 1. The van der Waals surface area contributed by atoms with Crippen LogP contribution in [0.1, 0.15) is 28.9 Å². The lowest BCUT2D eigenvalue weighted by molar-refractivity contribution is 0.0940. The Labute approximate surface area is 121 Å². The molecule has 3 nitrogen and oxygen atoms in total. The second-order valence-electron chi connectivity index (χ2n) is 4.45. The Hall–Kier alpha value is -2.07. The molecule has 20 heavy (non-hydrogen) atoms. The van der Waals surface area contributed by atoms with Crippen LogP contribution in [-0.2, 0) is 0 Å². The number of nitrogen functional groups attached to an aromatic ring is 1. The van der Waals surface area contributed by atoms with E-state index in [4.69, 9.17) is 17.3 Å². The summed E-state index contributed by atoms with van der Waals surface area (Å²) in [5, 5.41) is 3.40. The van der Waals surface area contributed by atoms with Crippen molar-refractivity contribution in [1.29, 1.82) is 0 Å². The third-order valence-electron chi connectivity index (χ3n) is 3.02. The highest BCUT2D eigenvalue weighted by Gasteiger charge is 2.15. The molecule has 0 fully saturated rings. The third-order valence-corrected chi connectivity index (χ3v) is 3.27. The van der Waals surface area contributed by atoms with E-state index < -0.39 is 11.7 Å². The molecule has 0 bridgehead atoms. The van der Waals surface area contributed by atoms with E-state index >= 15 is 0 Å². The zero-order chi connectivity index (χ0) is 14.7. The molecule has 0 saturated heterocycles. The summed E-state index contributed by atoms with van der Waals surface area (Å²) in [5.41, 5.74) is 6.45. The minimum Gasteiger partial charge on any atom is -0.396 e. The van der Waals surface area contributed by atoms with E-state index in [0.717, 1.165) is 5.56 Å². The fraction of sp³-hybridized carbons (Fsp3) is 0.133. The van der Waals surface area contributed by atoms with Crippen LogP contribution in [0.4, 0.5) is 10.1 Å². The fourth-order valence-corrected chi connectivity index (χ4v) is 1.97. The number of benzene rings is 2. The van der Waals surface area contributed by atoms with Gasteiger partial charge in [0.25, 0.3) is 5.91 Å². The summed E-state index contributed by atoms with van der Waals surface area (Å²) in [5.74, 6) is -1.01. The van der Waals surface area contributed by atoms with Crippen molar-refractivity contribution in [2.75, 3.05) is 5.73 Å². The monoisotopic (exact) mass is 292 g/mol. The van der Waals surface area contributed by atoms with Gasteiger partial charge in [-0.3, -0.25) is 4.79 Å². The van der Waals surface area contributed by atoms with E-state index in [1.54, 1.807) is 12.1 Å². The van der Waals surface area contributed by atoms with Crippen LogP contribution < -0.4 is 11.1 Å². The molecule has 0 aliphatic rings. The molecule has 5 heteroatoms. The molecule has 3 N–H and O–H groups in total. The van der Waals surface area contributed by atoms with Gasteiger partial charge in [0.05, 0.1) is 17.3 Å². The maximum atomic E-state index is 13.3. The van der Waals surface area contributed by atoms with E-state index in [2.05, 4.69) is 5.32 Å². The molecule has 2 rings (SSSR count). The Kier molecular flexibility index (Phi) is 4.25. The first-order chi connectivity index (χ1) is 9.49. The smallest absolute Gasteiger partial charge is 0.253 e. The molecule has 2 aromatic rings. The average molecular weight is 293 g/mol. The molecule has 104 valence electrons. The molecule has 0 saturated carbocycles. The first kappa shape index (κ1) is 14.3. The van der Waals surface area contributed by atoms with Crippen molar-refractivity contribution >= 4 is 23.2 Å². The highest BCUT2D eigenvalue weighted by atomic mass is 35.5. The van der Waals surface area contributed by atoms with Gasteiger partial charge in [-0.2, -0.15) is 0 Å². The van der Waals surface area contributed by atoms with Gasteiger partial charge in [-0.05, 0) is 36.8 Å². The summed E-state index contributed by atoms with van der Waals surface area (Å²) in [6.07, 6.45) is 0. The van der Waals surface area contributed by atoms with Crippen LogP contribution in [0.2, 0.25) is 5.02 Å². The van der Waals surface area contributed by atoms with Crippen LogP contribution in [0, 0.1) is 5.82 Å². The van der Waals surface area contributed by atoms with E-state index in [9.17, 15) is 9.18 Å². The normalized spacial score (nSPS) is 11.9. The Morgan fingerprint density at radius 1 is 1.25 bits per heavy atom. The number of nitrogens with two attached hydrogens (primary N) is 1. The Morgan fingerprint density at radius 2 is 1.90 bits per heavy atom. The Balaban J connectivity index is 2.15. The molecule has 0 aromatic heterocycles. The van der Waals surface area contributed by atoms with Crippen LogP contribution in [-0.4, -0.2) is 5.91 Å². The van der Waals surface area contributed by atoms with Gasteiger partial charge in [-0.1, -0.05) is 29.8 Å². The van der Waals surface area contributed by atoms with Crippen LogP contribution in [0.3, 0.4) is 0 Å². The van der Waals surface area contributed by atoms with Crippen LogP contribution in [0.5, 0.6) is 0 Å². The largest absolute Gasteiger partial charge is 0.396 e. The van der Waals surface area contributed by atoms with Gasteiger partial charge in [-0.15, -0.1) is 0 Å². The number of halogens is 2. The van der Waals surface area contributed by atoms with Gasteiger partial charge in [-0.25, -0.2) is 4.39 Å². The van der Waals surface area contributed by atoms with Crippen molar-refractivity contribution in [2.45, 2.75) is 13.0 Å². The topological polar surface area (TPSA) is 55.1 Å². The highest BCUT2D eigenvalue weighted by molar-refractivity contribution is 6.30. The van der Waals surface area contributed by atoms with Crippen molar-refractivity contribution in [3.63, 3.8) is 0 Å². The second-order valence-corrected chi connectivity index (χ2v) is 4.88. The molecule has 0 aliphatic carbocycles. The molecule has 0 spiro atoms. The molecule has 0 unspecified atom stereocenters. The standard InChI is InChI=1S/C15H14ClFN2O/c1-9(10-5-7-11(16)8-6-10)19-15(20)12-3-2-4-13(17)14(12)18/h2-9H,18H2,1H3,(H,19,20)/t9-/m0/s1. The van der Waals surface area contributed by atoms with Gasteiger partial charge in [0.2, 0.25) is 0 Å². The number of carbonyl (C=O) groups excluding carboxylic acids is 1. The summed E-state index contributed by atoms with van der Waals surface area (Å²) < 4.78 is 13.3. The highest BCUT2D eigenvalue weighted by Crippen LogP contribution is 2.19. The third kappa shape index (κ3) is 3.08. The molecular weight excluding hydrogens is 279 g/mol. The predicted octanol–water partition coefficient (Wildman–Crippen LogP) is 3.55. The first-order valence-corrected chi connectivity index (χ1v) is 6.47. The Bertz CT molecular complexity index is 628. The zero-order valence-corrected chi connectivity index (χ0v) is 11.6. The lowest BCUT2D eigenvalue weighted by atomic mass is 10.1. The van der Waals surface area contributed by atoms with Gasteiger partial charge < -0.3 is 11.1 Å². The number of rotatable bonds is 3. The molecule has 0 heterocycles.